The monoisotopic (exact) mass is 281 g/mol. The standard InChI is InChI=1S/C18H21N2O/c1-19-9-7-15(8-10-19)3-4-16-5-6-17-14-20(2)11-12-21-18(17)13-16/h3-10,13H,11-12,14H2,1-2H3/q+1. The Morgan fingerprint density at radius 1 is 1.10 bits per heavy atom. The Balaban J connectivity index is 1.80. The quantitative estimate of drug-likeness (QED) is 0.786. The second-order valence-corrected chi connectivity index (χ2v) is 5.58. The molecule has 0 unspecified atom stereocenters. The summed E-state index contributed by atoms with van der Waals surface area (Å²) in [4.78, 5) is 2.28. The average Bonchev–Trinajstić information content (AvgIpc) is 2.67. The molecular formula is C18H21N2O+. The molecule has 3 heteroatoms. The highest BCUT2D eigenvalue weighted by Gasteiger charge is 2.12. The van der Waals surface area contributed by atoms with Gasteiger partial charge in [-0.25, -0.2) is 4.57 Å². The number of aryl methyl sites for hydroxylation is 1. The Hall–Kier alpha value is -2.13. The number of rotatable bonds is 2. The number of ether oxygens (including phenoxy) is 1. The van der Waals surface area contributed by atoms with E-state index in [0.717, 1.165) is 25.4 Å². The van der Waals surface area contributed by atoms with Gasteiger partial charge in [0.05, 0.1) is 0 Å². The summed E-state index contributed by atoms with van der Waals surface area (Å²) < 4.78 is 7.88. The molecule has 1 aromatic carbocycles. The third kappa shape index (κ3) is 3.50. The van der Waals surface area contributed by atoms with Crippen molar-refractivity contribution in [3.63, 3.8) is 0 Å². The summed E-state index contributed by atoms with van der Waals surface area (Å²) in [5.74, 6) is 1.01. The molecule has 0 N–H and O–H groups in total. The molecule has 0 amide bonds. The summed E-state index contributed by atoms with van der Waals surface area (Å²) in [6.07, 6.45) is 8.36. The number of nitrogens with zero attached hydrogens (tertiary/aromatic N) is 2. The van der Waals surface area contributed by atoms with E-state index in [1.165, 1.54) is 16.7 Å². The molecule has 0 saturated heterocycles. The number of hydrogen-bond acceptors (Lipinski definition) is 2. The van der Waals surface area contributed by atoms with E-state index in [-0.39, 0.29) is 0 Å². The molecule has 0 atom stereocenters. The molecule has 0 radical (unpaired) electrons. The summed E-state index contributed by atoms with van der Waals surface area (Å²) in [6, 6.07) is 10.7. The molecule has 3 nitrogen and oxygen atoms in total. The summed E-state index contributed by atoms with van der Waals surface area (Å²) in [6.45, 7) is 2.68. The van der Waals surface area contributed by atoms with E-state index in [4.69, 9.17) is 4.74 Å². The zero-order valence-corrected chi connectivity index (χ0v) is 12.6. The SMILES string of the molecule is CN1CCOc2cc(C=Cc3cc[n+](C)cc3)ccc2C1. The second-order valence-electron chi connectivity index (χ2n) is 5.58. The lowest BCUT2D eigenvalue weighted by Gasteiger charge is -2.11. The number of benzene rings is 1. The van der Waals surface area contributed by atoms with Crippen molar-refractivity contribution in [1.29, 1.82) is 0 Å². The molecule has 108 valence electrons. The molecule has 0 aliphatic carbocycles. The van der Waals surface area contributed by atoms with E-state index in [1.54, 1.807) is 0 Å². The lowest BCUT2D eigenvalue weighted by molar-refractivity contribution is -0.671. The third-order valence-corrected chi connectivity index (χ3v) is 3.73. The Bertz CT molecular complexity index is 647. The van der Waals surface area contributed by atoms with Crippen LogP contribution in [0.2, 0.25) is 0 Å². The van der Waals surface area contributed by atoms with Gasteiger partial charge in [0.2, 0.25) is 0 Å². The second kappa shape index (κ2) is 6.10. The van der Waals surface area contributed by atoms with Crippen LogP contribution in [0.25, 0.3) is 12.2 Å². The van der Waals surface area contributed by atoms with Crippen LogP contribution in [0, 0.1) is 0 Å². The summed E-state index contributed by atoms with van der Waals surface area (Å²) >= 11 is 0. The van der Waals surface area contributed by atoms with Gasteiger partial charge in [0.15, 0.2) is 12.4 Å². The van der Waals surface area contributed by atoms with Crippen molar-refractivity contribution < 1.29 is 9.30 Å². The van der Waals surface area contributed by atoms with Crippen molar-refractivity contribution in [1.82, 2.24) is 4.90 Å². The van der Waals surface area contributed by atoms with E-state index in [1.807, 2.05) is 11.6 Å². The van der Waals surface area contributed by atoms with Crippen LogP contribution >= 0.6 is 0 Å². The van der Waals surface area contributed by atoms with Crippen molar-refractivity contribution in [2.24, 2.45) is 7.05 Å². The maximum absolute atomic E-state index is 5.85. The van der Waals surface area contributed by atoms with Crippen LogP contribution in [0.1, 0.15) is 16.7 Å². The van der Waals surface area contributed by atoms with E-state index in [0.29, 0.717) is 0 Å². The lowest BCUT2D eigenvalue weighted by Crippen LogP contribution is -2.25. The van der Waals surface area contributed by atoms with Crippen molar-refractivity contribution in [2.75, 3.05) is 20.2 Å². The fourth-order valence-corrected chi connectivity index (χ4v) is 2.44. The first-order chi connectivity index (χ1) is 10.2. The predicted octanol–water partition coefficient (Wildman–Crippen LogP) is 2.51. The number of likely N-dealkylation sites (N-methyl/N-ethyl adjacent to an activating group) is 1. The van der Waals surface area contributed by atoms with Crippen molar-refractivity contribution in [2.45, 2.75) is 6.54 Å². The molecule has 1 aromatic heterocycles. The average molecular weight is 281 g/mol. The van der Waals surface area contributed by atoms with Crippen LogP contribution in [-0.4, -0.2) is 25.1 Å². The molecule has 2 heterocycles. The zero-order chi connectivity index (χ0) is 14.7. The first-order valence-electron chi connectivity index (χ1n) is 7.28. The molecular weight excluding hydrogens is 260 g/mol. The number of pyridine rings is 1. The van der Waals surface area contributed by atoms with Crippen molar-refractivity contribution in [3.8, 4) is 5.75 Å². The normalized spacial score (nSPS) is 15.5. The Morgan fingerprint density at radius 2 is 1.86 bits per heavy atom. The Morgan fingerprint density at radius 3 is 2.67 bits per heavy atom. The summed E-state index contributed by atoms with van der Waals surface area (Å²) in [7, 11) is 4.15. The lowest BCUT2D eigenvalue weighted by atomic mass is 10.1. The smallest absolute Gasteiger partial charge is 0.169 e. The minimum Gasteiger partial charge on any atom is -0.492 e. The largest absolute Gasteiger partial charge is 0.492 e. The topological polar surface area (TPSA) is 16.4 Å². The van der Waals surface area contributed by atoms with Gasteiger partial charge in [-0.3, -0.25) is 4.90 Å². The number of hydrogen-bond donors (Lipinski definition) is 0. The van der Waals surface area contributed by atoms with Gasteiger partial charge < -0.3 is 4.74 Å². The fraction of sp³-hybridized carbons (Fsp3) is 0.278. The summed E-state index contributed by atoms with van der Waals surface area (Å²) in [5, 5.41) is 0. The van der Waals surface area contributed by atoms with Crippen LogP contribution in [0.5, 0.6) is 5.75 Å². The van der Waals surface area contributed by atoms with Crippen LogP contribution in [-0.2, 0) is 13.6 Å². The van der Waals surface area contributed by atoms with Gasteiger partial charge in [0, 0.05) is 30.8 Å². The highest BCUT2D eigenvalue weighted by molar-refractivity contribution is 5.70. The minimum atomic E-state index is 0.756. The van der Waals surface area contributed by atoms with Crippen LogP contribution in [0.15, 0.2) is 42.7 Å². The van der Waals surface area contributed by atoms with Gasteiger partial charge in [0.25, 0.3) is 0 Å². The van der Waals surface area contributed by atoms with E-state index in [9.17, 15) is 0 Å². The molecule has 3 rings (SSSR count). The molecule has 1 aliphatic rings. The Kier molecular flexibility index (Phi) is 4.02. The van der Waals surface area contributed by atoms with Gasteiger partial charge in [-0.15, -0.1) is 0 Å². The first-order valence-corrected chi connectivity index (χ1v) is 7.28. The molecule has 0 bridgehead atoms. The highest BCUT2D eigenvalue weighted by atomic mass is 16.5. The van der Waals surface area contributed by atoms with Crippen LogP contribution in [0.4, 0.5) is 0 Å². The fourth-order valence-electron chi connectivity index (χ4n) is 2.44. The van der Waals surface area contributed by atoms with Gasteiger partial charge in [0.1, 0.15) is 19.4 Å². The maximum atomic E-state index is 5.85. The molecule has 0 saturated carbocycles. The van der Waals surface area contributed by atoms with Gasteiger partial charge >= 0.3 is 0 Å². The zero-order valence-electron chi connectivity index (χ0n) is 12.6. The van der Waals surface area contributed by atoms with Gasteiger partial charge in [-0.05, 0) is 24.2 Å². The van der Waals surface area contributed by atoms with Crippen molar-refractivity contribution >= 4 is 12.2 Å². The predicted molar refractivity (Wildman–Crippen MR) is 84.8 cm³/mol. The van der Waals surface area contributed by atoms with Crippen LogP contribution < -0.4 is 9.30 Å². The number of aromatic nitrogens is 1. The van der Waals surface area contributed by atoms with E-state index in [2.05, 4.69) is 66.8 Å². The van der Waals surface area contributed by atoms with Gasteiger partial charge in [-0.1, -0.05) is 24.3 Å². The number of fused-ring (bicyclic) bond motifs is 1. The molecule has 1 aliphatic heterocycles. The highest BCUT2D eigenvalue weighted by Crippen LogP contribution is 2.25. The minimum absolute atomic E-state index is 0.756. The van der Waals surface area contributed by atoms with Gasteiger partial charge in [-0.2, -0.15) is 0 Å². The first kappa shape index (κ1) is 13.8. The molecule has 0 fully saturated rings. The Labute approximate surface area is 126 Å². The summed E-state index contributed by atoms with van der Waals surface area (Å²) in [5.41, 5.74) is 3.63. The third-order valence-electron chi connectivity index (χ3n) is 3.73. The molecule has 2 aromatic rings. The van der Waals surface area contributed by atoms with Crippen LogP contribution in [0.3, 0.4) is 0 Å². The van der Waals surface area contributed by atoms with E-state index >= 15 is 0 Å². The van der Waals surface area contributed by atoms with Crippen molar-refractivity contribution in [3.05, 3.63) is 59.4 Å². The molecule has 0 spiro atoms. The maximum Gasteiger partial charge on any atom is 0.169 e. The van der Waals surface area contributed by atoms with E-state index < -0.39 is 0 Å². The molecule has 21 heavy (non-hydrogen) atoms.